The maximum atomic E-state index is 12.5. The fourth-order valence-corrected chi connectivity index (χ4v) is 3.47. The van der Waals surface area contributed by atoms with Crippen LogP contribution in [0.4, 0.5) is 0 Å². The molecular weight excluding hydrogens is 282 g/mol. The van der Waals surface area contributed by atoms with Crippen molar-refractivity contribution in [3.05, 3.63) is 23.2 Å². The first-order chi connectivity index (χ1) is 10.2. The number of hydrogen-bond donors (Lipinski definition) is 2. The van der Waals surface area contributed by atoms with Crippen LogP contribution < -0.4 is 5.32 Å². The number of aryl methyl sites for hydroxylation is 1. The second-order valence-electron chi connectivity index (χ2n) is 7.25. The van der Waals surface area contributed by atoms with Crippen molar-refractivity contribution in [3.63, 3.8) is 0 Å². The average molecular weight is 307 g/mol. The molecule has 1 heterocycles. The molecular formula is C17H25NO4. The molecule has 2 N–H and O–H groups in total. The molecule has 2 rings (SSSR count). The molecule has 1 aromatic rings. The Hall–Kier alpha value is -1.78. The van der Waals surface area contributed by atoms with Crippen molar-refractivity contribution in [3.8, 4) is 0 Å². The number of rotatable bonds is 4. The number of furan rings is 1. The first-order valence-electron chi connectivity index (χ1n) is 7.79. The van der Waals surface area contributed by atoms with E-state index in [2.05, 4.69) is 26.1 Å². The maximum Gasteiger partial charge on any atom is 0.311 e. The fourth-order valence-electron chi connectivity index (χ4n) is 3.47. The number of carbonyl (C=O) groups is 2. The van der Waals surface area contributed by atoms with Gasteiger partial charge in [-0.2, -0.15) is 0 Å². The lowest BCUT2D eigenvalue weighted by atomic mass is 9.70. The molecule has 1 aromatic heterocycles. The minimum Gasteiger partial charge on any atom is -0.481 e. The van der Waals surface area contributed by atoms with Gasteiger partial charge in [-0.25, -0.2) is 0 Å². The molecule has 5 nitrogen and oxygen atoms in total. The molecule has 1 fully saturated rings. The minimum absolute atomic E-state index is 0.132. The SMILES string of the molecule is Cc1coc(CC(=O)O)c1C(=O)NC1CCC(C)(C)CC1C. The number of carboxylic acids is 1. The summed E-state index contributed by atoms with van der Waals surface area (Å²) in [7, 11) is 0. The van der Waals surface area contributed by atoms with Crippen LogP contribution in [0.2, 0.25) is 0 Å². The molecule has 2 unspecified atom stereocenters. The third-order valence-electron chi connectivity index (χ3n) is 4.60. The van der Waals surface area contributed by atoms with Crippen LogP contribution >= 0.6 is 0 Å². The van der Waals surface area contributed by atoms with E-state index in [1.807, 2.05) is 0 Å². The summed E-state index contributed by atoms with van der Waals surface area (Å²) in [5, 5.41) is 12.0. The Labute approximate surface area is 131 Å². The highest BCUT2D eigenvalue weighted by Gasteiger charge is 2.34. The van der Waals surface area contributed by atoms with Gasteiger partial charge in [0.25, 0.3) is 5.91 Å². The van der Waals surface area contributed by atoms with Gasteiger partial charge < -0.3 is 14.8 Å². The number of carbonyl (C=O) groups excluding carboxylic acids is 1. The van der Waals surface area contributed by atoms with Crippen molar-refractivity contribution in [1.82, 2.24) is 5.32 Å². The number of carboxylic acid groups (broad SMARTS) is 1. The molecule has 22 heavy (non-hydrogen) atoms. The van der Waals surface area contributed by atoms with Crippen molar-refractivity contribution in [2.75, 3.05) is 0 Å². The monoisotopic (exact) mass is 307 g/mol. The van der Waals surface area contributed by atoms with Crippen molar-refractivity contribution >= 4 is 11.9 Å². The van der Waals surface area contributed by atoms with Crippen LogP contribution in [0, 0.1) is 18.3 Å². The van der Waals surface area contributed by atoms with Crippen LogP contribution in [0.5, 0.6) is 0 Å². The van der Waals surface area contributed by atoms with Gasteiger partial charge in [0.05, 0.1) is 11.8 Å². The molecule has 0 saturated heterocycles. The number of nitrogens with one attached hydrogen (secondary N) is 1. The summed E-state index contributed by atoms with van der Waals surface area (Å²) in [5.74, 6) is -0.593. The molecule has 0 aromatic carbocycles. The van der Waals surface area contributed by atoms with E-state index in [1.165, 1.54) is 6.26 Å². The Morgan fingerprint density at radius 1 is 1.45 bits per heavy atom. The van der Waals surface area contributed by atoms with Crippen molar-refractivity contribution in [2.24, 2.45) is 11.3 Å². The lowest BCUT2D eigenvalue weighted by molar-refractivity contribution is -0.136. The first-order valence-corrected chi connectivity index (χ1v) is 7.79. The zero-order chi connectivity index (χ0) is 16.5. The van der Waals surface area contributed by atoms with E-state index in [9.17, 15) is 9.59 Å². The van der Waals surface area contributed by atoms with Crippen LogP contribution in [0.1, 0.15) is 61.7 Å². The topological polar surface area (TPSA) is 79.5 Å². The minimum atomic E-state index is -1.00. The van der Waals surface area contributed by atoms with Gasteiger partial charge >= 0.3 is 5.97 Å². The van der Waals surface area contributed by atoms with E-state index in [1.54, 1.807) is 6.92 Å². The Balaban J connectivity index is 2.10. The number of hydrogen-bond acceptors (Lipinski definition) is 3. The average Bonchev–Trinajstić information content (AvgIpc) is 2.72. The van der Waals surface area contributed by atoms with Crippen LogP contribution in [0.3, 0.4) is 0 Å². The summed E-state index contributed by atoms with van der Waals surface area (Å²) in [6.07, 6.45) is 4.27. The largest absolute Gasteiger partial charge is 0.481 e. The van der Waals surface area contributed by atoms with Gasteiger partial charge in [-0.15, -0.1) is 0 Å². The maximum absolute atomic E-state index is 12.5. The smallest absolute Gasteiger partial charge is 0.311 e. The lowest BCUT2D eigenvalue weighted by Crippen LogP contribution is -2.44. The van der Waals surface area contributed by atoms with Crippen LogP contribution in [0.15, 0.2) is 10.7 Å². The number of amides is 1. The van der Waals surface area contributed by atoms with Crippen molar-refractivity contribution in [1.29, 1.82) is 0 Å². The van der Waals surface area contributed by atoms with Gasteiger partial charge in [-0.3, -0.25) is 9.59 Å². The Morgan fingerprint density at radius 3 is 2.73 bits per heavy atom. The second kappa shape index (κ2) is 6.15. The second-order valence-corrected chi connectivity index (χ2v) is 7.25. The van der Waals surface area contributed by atoms with Crippen molar-refractivity contribution < 1.29 is 19.1 Å². The summed E-state index contributed by atoms with van der Waals surface area (Å²) in [6.45, 7) is 8.43. The highest BCUT2D eigenvalue weighted by molar-refractivity contribution is 5.97. The van der Waals surface area contributed by atoms with E-state index in [4.69, 9.17) is 9.52 Å². The molecule has 0 spiro atoms. The molecule has 0 radical (unpaired) electrons. The lowest BCUT2D eigenvalue weighted by Gasteiger charge is -2.39. The van der Waals surface area contributed by atoms with Gasteiger partial charge in [-0.1, -0.05) is 20.8 Å². The normalized spacial score (nSPS) is 24.0. The predicted molar refractivity (Wildman–Crippen MR) is 82.8 cm³/mol. The van der Waals surface area contributed by atoms with Crippen LogP contribution in [0.25, 0.3) is 0 Å². The van der Waals surface area contributed by atoms with Gasteiger partial charge in [-0.05, 0) is 37.5 Å². The van der Waals surface area contributed by atoms with E-state index >= 15 is 0 Å². The van der Waals surface area contributed by atoms with E-state index in [0.29, 0.717) is 22.5 Å². The summed E-state index contributed by atoms with van der Waals surface area (Å²) >= 11 is 0. The van der Waals surface area contributed by atoms with E-state index in [-0.39, 0.29) is 24.1 Å². The van der Waals surface area contributed by atoms with Crippen LogP contribution in [-0.2, 0) is 11.2 Å². The summed E-state index contributed by atoms with van der Waals surface area (Å²) in [5.41, 5.74) is 1.37. The molecule has 1 aliphatic rings. The first kappa shape index (κ1) is 16.6. The molecule has 1 aliphatic carbocycles. The van der Waals surface area contributed by atoms with Gasteiger partial charge in [0.15, 0.2) is 0 Å². The summed E-state index contributed by atoms with van der Waals surface area (Å²) in [4.78, 5) is 23.4. The Morgan fingerprint density at radius 2 is 2.14 bits per heavy atom. The Bertz CT molecular complexity index is 573. The number of aliphatic carboxylic acids is 1. The van der Waals surface area contributed by atoms with Gasteiger partial charge in [0.2, 0.25) is 0 Å². The molecule has 1 amide bonds. The highest BCUT2D eigenvalue weighted by atomic mass is 16.4. The quantitative estimate of drug-likeness (QED) is 0.895. The molecule has 122 valence electrons. The van der Waals surface area contributed by atoms with Crippen LogP contribution in [-0.4, -0.2) is 23.0 Å². The standard InChI is InChI=1S/C17H25NO4/c1-10-8-17(3,4)6-5-12(10)18-16(21)15-11(2)9-22-13(15)7-14(19)20/h9-10,12H,5-8H2,1-4H3,(H,18,21)(H,19,20). The molecule has 0 bridgehead atoms. The Kier molecular flexibility index (Phi) is 4.63. The zero-order valence-electron chi connectivity index (χ0n) is 13.7. The summed E-state index contributed by atoms with van der Waals surface area (Å²) < 4.78 is 5.23. The third kappa shape index (κ3) is 3.70. The van der Waals surface area contributed by atoms with Gasteiger partial charge in [0, 0.05) is 11.6 Å². The molecule has 0 aliphatic heterocycles. The van der Waals surface area contributed by atoms with Gasteiger partial charge in [0.1, 0.15) is 12.2 Å². The predicted octanol–water partition coefficient (Wildman–Crippen LogP) is 3.16. The van der Waals surface area contributed by atoms with E-state index in [0.717, 1.165) is 19.3 Å². The molecule has 5 heteroatoms. The highest BCUT2D eigenvalue weighted by Crippen LogP contribution is 2.38. The third-order valence-corrected chi connectivity index (χ3v) is 4.60. The van der Waals surface area contributed by atoms with Crippen molar-refractivity contribution in [2.45, 2.75) is 59.4 Å². The molecule has 1 saturated carbocycles. The fraction of sp³-hybridized carbons (Fsp3) is 0.647. The zero-order valence-corrected chi connectivity index (χ0v) is 13.7. The van der Waals surface area contributed by atoms with E-state index < -0.39 is 5.97 Å². The summed E-state index contributed by atoms with van der Waals surface area (Å²) in [6, 6.07) is 0.132. The molecule has 2 atom stereocenters.